The van der Waals surface area contributed by atoms with Crippen molar-refractivity contribution in [2.45, 2.75) is 39.0 Å². The van der Waals surface area contributed by atoms with E-state index in [-0.39, 0.29) is 11.2 Å². The minimum absolute atomic E-state index is 0.0144. The molecule has 0 amide bonds. The zero-order chi connectivity index (χ0) is 23.4. The minimum Gasteiger partial charge on any atom is -0.497 e. The van der Waals surface area contributed by atoms with Gasteiger partial charge in [0.05, 0.1) is 7.11 Å². The van der Waals surface area contributed by atoms with Crippen LogP contribution in [0.2, 0.25) is 0 Å². The van der Waals surface area contributed by atoms with Crippen LogP contribution < -0.4 is 9.47 Å². The maximum atomic E-state index is 13.0. The molecule has 3 heteroatoms. The second kappa shape index (κ2) is 9.50. The fraction of sp³-hybridized carbons (Fsp3) is 0.233. The van der Waals surface area contributed by atoms with Crippen molar-refractivity contribution < 1.29 is 14.3 Å². The summed E-state index contributed by atoms with van der Waals surface area (Å²) in [5.41, 5.74) is 2.77. The number of carbonyl (C=O) groups excluding carboxylic acids is 1. The van der Waals surface area contributed by atoms with E-state index in [1.165, 1.54) is 5.56 Å². The zero-order valence-corrected chi connectivity index (χ0v) is 19.7. The van der Waals surface area contributed by atoms with Gasteiger partial charge in [0, 0.05) is 11.1 Å². The zero-order valence-electron chi connectivity index (χ0n) is 19.7. The third kappa shape index (κ3) is 4.78. The number of methoxy groups -OCH3 is 1. The predicted molar refractivity (Wildman–Crippen MR) is 135 cm³/mol. The summed E-state index contributed by atoms with van der Waals surface area (Å²) in [4.78, 5) is 13.0. The van der Waals surface area contributed by atoms with Crippen LogP contribution in [0.25, 0.3) is 10.8 Å². The average Bonchev–Trinajstić information content (AvgIpc) is 2.88. The highest BCUT2D eigenvalue weighted by Crippen LogP contribution is 2.32. The fourth-order valence-corrected chi connectivity index (χ4v) is 4.05. The molecule has 0 N–H and O–H groups in total. The van der Waals surface area contributed by atoms with Gasteiger partial charge in [-0.15, -0.1) is 0 Å². The summed E-state index contributed by atoms with van der Waals surface area (Å²) in [6.45, 7) is 6.69. The van der Waals surface area contributed by atoms with Crippen molar-refractivity contribution in [3.63, 3.8) is 0 Å². The molecule has 0 saturated carbocycles. The Hall–Kier alpha value is -3.59. The van der Waals surface area contributed by atoms with Crippen molar-refractivity contribution in [3.05, 3.63) is 102 Å². The highest BCUT2D eigenvalue weighted by Gasteiger charge is 2.22. The Labute approximate surface area is 196 Å². The molecule has 0 saturated heterocycles. The summed E-state index contributed by atoms with van der Waals surface area (Å²) in [6.07, 6.45) is 2.14. The summed E-state index contributed by atoms with van der Waals surface area (Å²) in [7, 11) is 1.66. The lowest BCUT2D eigenvalue weighted by atomic mass is 9.77. The van der Waals surface area contributed by atoms with E-state index in [0.29, 0.717) is 16.9 Å². The lowest BCUT2D eigenvalue weighted by Gasteiger charge is -2.27. The summed E-state index contributed by atoms with van der Waals surface area (Å²) >= 11 is 0. The highest BCUT2D eigenvalue weighted by atomic mass is 16.5. The molecule has 0 radical (unpaired) electrons. The number of ether oxygens (including phenoxy) is 2. The Kier molecular flexibility index (Phi) is 6.50. The van der Waals surface area contributed by atoms with Crippen LogP contribution in [-0.2, 0) is 5.41 Å². The van der Waals surface area contributed by atoms with Crippen LogP contribution in [0.1, 0.15) is 55.1 Å². The molecule has 3 nitrogen and oxygen atoms in total. The lowest BCUT2D eigenvalue weighted by Crippen LogP contribution is -2.19. The Bertz CT molecular complexity index is 1250. The first kappa shape index (κ1) is 22.6. The molecule has 4 rings (SSSR count). The van der Waals surface area contributed by atoms with Crippen molar-refractivity contribution in [1.82, 2.24) is 0 Å². The van der Waals surface area contributed by atoms with Crippen LogP contribution in [0.5, 0.6) is 17.2 Å². The van der Waals surface area contributed by atoms with Crippen LogP contribution in [-0.4, -0.2) is 12.9 Å². The number of hydrogen-bond acceptors (Lipinski definition) is 3. The normalized spacial score (nSPS) is 11.4. The van der Waals surface area contributed by atoms with E-state index in [4.69, 9.17) is 9.47 Å². The highest BCUT2D eigenvalue weighted by molar-refractivity contribution is 6.09. The van der Waals surface area contributed by atoms with Crippen molar-refractivity contribution in [1.29, 1.82) is 0 Å². The van der Waals surface area contributed by atoms with Crippen molar-refractivity contribution >= 4 is 16.6 Å². The van der Waals surface area contributed by atoms with E-state index in [9.17, 15) is 4.79 Å². The van der Waals surface area contributed by atoms with E-state index in [0.717, 1.165) is 35.1 Å². The van der Waals surface area contributed by atoms with Gasteiger partial charge in [0.25, 0.3) is 0 Å². The third-order valence-electron chi connectivity index (χ3n) is 6.78. The fourth-order valence-electron chi connectivity index (χ4n) is 4.05. The molecule has 0 aliphatic heterocycles. The first-order chi connectivity index (χ1) is 16.0. The van der Waals surface area contributed by atoms with Gasteiger partial charge >= 0.3 is 0 Å². The van der Waals surface area contributed by atoms with Crippen LogP contribution in [0, 0.1) is 0 Å². The topological polar surface area (TPSA) is 35.5 Å². The molecule has 0 heterocycles. The van der Waals surface area contributed by atoms with Gasteiger partial charge in [-0.25, -0.2) is 0 Å². The predicted octanol–water partition coefficient (Wildman–Crippen LogP) is 7.95. The molecule has 4 aromatic carbocycles. The second-order valence-electron chi connectivity index (χ2n) is 8.68. The summed E-state index contributed by atoms with van der Waals surface area (Å²) in [5.74, 6) is 2.25. The van der Waals surface area contributed by atoms with Crippen LogP contribution in [0.3, 0.4) is 0 Å². The molecule has 0 aliphatic rings. The smallest absolute Gasteiger partial charge is 0.193 e. The largest absolute Gasteiger partial charge is 0.497 e. The Morgan fingerprint density at radius 1 is 0.697 bits per heavy atom. The quantitative estimate of drug-likeness (QED) is 0.262. The van der Waals surface area contributed by atoms with Gasteiger partial charge in [-0.05, 0) is 83.1 Å². The van der Waals surface area contributed by atoms with E-state index < -0.39 is 0 Å². The molecule has 0 spiro atoms. The number of rotatable bonds is 8. The third-order valence-corrected chi connectivity index (χ3v) is 6.78. The summed E-state index contributed by atoms with van der Waals surface area (Å²) in [5, 5.41) is 2.16. The molecule has 0 aliphatic carbocycles. The van der Waals surface area contributed by atoms with Gasteiger partial charge in [0.15, 0.2) is 5.78 Å². The summed E-state index contributed by atoms with van der Waals surface area (Å²) in [6, 6.07) is 27.3. The van der Waals surface area contributed by atoms with Gasteiger partial charge in [-0.1, -0.05) is 57.2 Å². The number of hydrogen-bond donors (Lipinski definition) is 0. The van der Waals surface area contributed by atoms with Crippen LogP contribution in [0.4, 0.5) is 0 Å². The van der Waals surface area contributed by atoms with Crippen molar-refractivity contribution in [3.8, 4) is 17.2 Å². The molecule has 4 aromatic rings. The van der Waals surface area contributed by atoms with Crippen molar-refractivity contribution in [2.75, 3.05) is 7.11 Å². The van der Waals surface area contributed by atoms with Gasteiger partial charge in [0.1, 0.15) is 17.2 Å². The standard InChI is InChI=1S/C30H30O3/c1-5-30(3,6-2)25-13-7-22(8-14-25)29(31)23-11-15-26(16-12-23)33-28-18-10-21-9-17-27(32-4)19-24(21)20-28/h7-20H,5-6H2,1-4H3. The van der Waals surface area contributed by atoms with Crippen LogP contribution >= 0.6 is 0 Å². The average molecular weight is 439 g/mol. The van der Waals surface area contributed by atoms with Crippen LogP contribution in [0.15, 0.2) is 84.9 Å². The molecule has 0 aromatic heterocycles. The molecule has 33 heavy (non-hydrogen) atoms. The summed E-state index contributed by atoms with van der Waals surface area (Å²) < 4.78 is 11.3. The van der Waals surface area contributed by atoms with Crippen molar-refractivity contribution in [2.24, 2.45) is 0 Å². The number of ketones is 1. The Morgan fingerprint density at radius 2 is 1.21 bits per heavy atom. The maximum Gasteiger partial charge on any atom is 0.193 e. The van der Waals surface area contributed by atoms with E-state index in [1.54, 1.807) is 7.11 Å². The number of carbonyl (C=O) groups is 1. The van der Waals surface area contributed by atoms with Gasteiger partial charge in [-0.2, -0.15) is 0 Å². The molecule has 0 fully saturated rings. The van der Waals surface area contributed by atoms with E-state index in [1.807, 2.05) is 72.8 Å². The molecule has 168 valence electrons. The van der Waals surface area contributed by atoms with Gasteiger partial charge in [0.2, 0.25) is 0 Å². The van der Waals surface area contributed by atoms with Gasteiger partial charge in [-0.3, -0.25) is 4.79 Å². The SMILES string of the molecule is CCC(C)(CC)c1ccc(C(=O)c2ccc(Oc3ccc4ccc(OC)cc4c3)cc2)cc1. The first-order valence-corrected chi connectivity index (χ1v) is 11.5. The monoisotopic (exact) mass is 438 g/mol. The molecular formula is C30H30O3. The molecular weight excluding hydrogens is 408 g/mol. The maximum absolute atomic E-state index is 13.0. The number of benzene rings is 4. The second-order valence-corrected chi connectivity index (χ2v) is 8.68. The molecule has 0 bridgehead atoms. The molecule has 0 unspecified atom stereocenters. The Balaban J connectivity index is 1.49. The molecule has 0 atom stereocenters. The lowest BCUT2D eigenvalue weighted by molar-refractivity contribution is 0.103. The minimum atomic E-state index is 0.0144. The van der Waals surface area contributed by atoms with E-state index >= 15 is 0 Å². The Morgan fingerprint density at radius 3 is 1.79 bits per heavy atom. The van der Waals surface area contributed by atoms with E-state index in [2.05, 4.69) is 32.9 Å². The first-order valence-electron chi connectivity index (χ1n) is 11.5. The van der Waals surface area contributed by atoms with Gasteiger partial charge < -0.3 is 9.47 Å². The number of fused-ring (bicyclic) bond motifs is 1.